The Morgan fingerprint density at radius 1 is 1.35 bits per heavy atom. The molecule has 0 aromatic rings. The van der Waals surface area contributed by atoms with E-state index in [1.54, 1.807) is 0 Å². The second-order valence-corrected chi connectivity index (χ2v) is 5.70. The first-order valence-corrected chi connectivity index (χ1v) is 6.97. The molecule has 0 fully saturated rings. The van der Waals surface area contributed by atoms with Crippen LogP contribution in [0.1, 0.15) is 0 Å². The van der Waals surface area contributed by atoms with Gasteiger partial charge in [-0.05, 0) is 12.3 Å². The average Bonchev–Trinajstić information content (AvgIpc) is 2.24. The van der Waals surface area contributed by atoms with E-state index >= 15 is 0 Å². The van der Waals surface area contributed by atoms with Crippen molar-refractivity contribution in [1.29, 1.82) is 0 Å². The number of nitrogens with two attached hydrogens (primary N) is 3. The predicted molar refractivity (Wildman–Crippen MR) is 68.4 cm³/mol. The Balaban J connectivity index is 4.09. The summed E-state index contributed by atoms with van der Waals surface area (Å²) in [5.74, 6) is -2.07. The maximum atomic E-state index is 10.9. The molecular formula is C8H15N3O4S2. The van der Waals surface area contributed by atoms with Crippen LogP contribution in [0.5, 0.6) is 0 Å². The van der Waals surface area contributed by atoms with E-state index in [1.165, 1.54) is 6.08 Å². The lowest BCUT2D eigenvalue weighted by Crippen LogP contribution is -2.48. The van der Waals surface area contributed by atoms with Crippen molar-refractivity contribution >= 4 is 33.5 Å². The summed E-state index contributed by atoms with van der Waals surface area (Å²) in [5, 5.41) is 17.4. The minimum absolute atomic E-state index is 0.0625. The fourth-order valence-corrected chi connectivity index (χ4v) is 3.13. The number of hydrogen-bond donors (Lipinski definition) is 5. The molecule has 0 aromatic carbocycles. The Morgan fingerprint density at radius 3 is 2.35 bits per heavy atom. The minimum Gasteiger partial charge on any atom is -0.480 e. The molecule has 0 saturated heterocycles. The summed E-state index contributed by atoms with van der Waals surface area (Å²) >= 11 is 0. The molecule has 0 aliphatic rings. The van der Waals surface area contributed by atoms with Gasteiger partial charge >= 0.3 is 11.9 Å². The lowest BCUT2D eigenvalue weighted by atomic mass is 10.1. The summed E-state index contributed by atoms with van der Waals surface area (Å²) in [7, 11) is 2.29. The van der Waals surface area contributed by atoms with Gasteiger partial charge in [0, 0.05) is 11.5 Å². The third-order valence-corrected chi connectivity index (χ3v) is 4.26. The summed E-state index contributed by atoms with van der Waals surface area (Å²) in [5.41, 5.74) is 14.4. The molecule has 98 valence electrons. The Hall–Kier alpha value is -0.900. The van der Waals surface area contributed by atoms with Crippen molar-refractivity contribution in [2.75, 3.05) is 11.5 Å². The predicted octanol–water partition coefficient (Wildman–Crippen LogP) is -0.966. The molecular weight excluding hydrogens is 266 g/mol. The molecule has 0 unspecified atom stereocenters. The monoisotopic (exact) mass is 281 g/mol. The van der Waals surface area contributed by atoms with Crippen molar-refractivity contribution in [1.82, 2.24) is 0 Å². The molecule has 7 nitrogen and oxygen atoms in total. The maximum absolute atomic E-state index is 10.9. The zero-order valence-electron chi connectivity index (χ0n) is 8.91. The number of carboxylic acid groups (broad SMARTS) is 2. The number of aliphatic carboxylic acids is 2. The molecule has 0 amide bonds. The van der Waals surface area contributed by atoms with Gasteiger partial charge in [-0.3, -0.25) is 4.79 Å². The molecule has 0 rings (SSSR count). The van der Waals surface area contributed by atoms with E-state index in [-0.39, 0.29) is 11.5 Å². The first-order valence-electron chi connectivity index (χ1n) is 4.48. The van der Waals surface area contributed by atoms with Crippen LogP contribution in [-0.2, 0) is 9.59 Å². The molecule has 0 aromatic heterocycles. The standard InChI is InChI=1S/C8H15N3O4S2/c9-2-1-8(11,7(14)15)4-17-16-3-5(10)6(12)13/h1-2,5H,3-4,9-11H2,(H,12,13)(H,14,15)/b2-1+/t5-,8-/m1/s1. The molecule has 0 bridgehead atoms. The van der Waals surface area contributed by atoms with Crippen LogP contribution >= 0.6 is 21.6 Å². The van der Waals surface area contributed by atoms with E-state index in [4.69, 9.17) is 27.4 Å². The van der Waals surface area contributed by atoms with Crippen LogP contribution in [0.2, 0.25) is 0 Å². The molecule has 17 heavy (non-hydrogen) atoms. The number of carboxylic acids is 2. The quantitative estimate of drug-likeness (QED) is 0.279. The third-order valence-electron chi connectivity index (χ3n) is 1.74. The van der Waals surface area contributed by atoms with Crippen LogP contribution in [0.25, 0.3) is 0 Å². The highest BCUT2D eigenvalue weighted by atomic mass is 33.1. The van der Waals surface area contributed by atoms with Gasteiger partial charge in [0.05, 0.1) is 0 Å². The molecule has 0 saturated carbocycles. The largest absolute Gasteiger partial charge is 0.480 e. The molecule has 0 spiro atoms. The maximum Gasteiger partial charge on any atom is 0.328 e. The van der Waals surface area contributed by atoms with Crippen LogP contribution in [0.4, 0.5) is 0 Å². The summed E-state index contributed by atoms with van der Waals surface area (Å²) in [6.45, 7) is 0. The fraction of sp³-hybridized carbons (Fsp3) is 0.500. The molecule has 0 aliphatic heterocycles. The van der Waals surface area contributed by atoms with Gasteiger partial charge in [0.1, 0.15) is 11.6 Å². The van der Waals surface area contributed by atoms with Crippen molar-refractivity contribution in [3.8, 4) is 0 Å². The van der Waals surface area contributed by atoms with Gasteiger partial charge in [-0.15, -0.1) is 0 Å². The van der Waals surface area contributed by atoms with Gasteiger partial charge in [0.25, 0.3) is 0 Å². The fourth-order valence-electron chi connectivity index (χ4n) is 0.685. The summed E-state index contributed by atoms with van der Waals surface area (Å²) in [4.78, 5) is 21.3. The molecule has 0 radical (unpaired) electrons. The minimum atomic E-state index is -1.56. The molecule has 0 aliphatic carbocycles. The van der Waals surface area contributed by atoms with E-state index in [0.29, 0.717) is 0 Å². The van der Waals surface area contributed by atoms with Crippen LogP contribution in [0.15, 0.2) is 12.3 Å². The van der Waals surface area contributed by atoms with Gasteiger partial charge in [-0.1, -0.05) is 21.6 Å². The molecule has 0 heterocycles. The van der Waals surface area contributed by atoms with Crippen molar-refractivity contribution < 1.29 is 19.8 Å². The first kappa shape index (κ1) is 16.1. The van der Waals surface area contributed by atoms with E-state index in [2.05, 4.69) is 0 Å². The van der Waals surface area contributed by atoms with E-state index in [0.717, 1.165) is 27.8 Å². The van der Waals surface area contributed by atoms with Crippen LogP contribution < -0.4 is 17.2 Å². The van der Waals surface area contributed by atoms with Gasteiger partial charge in [0.15, 0.2) is 0 Å². The summed E-state index contributed by atoms with van der Waals surface area (Å²) in [6.07, 6.45) is 2.25. The van der Waals surface area contributed by atoms with E-state index in [1.807, 2.05) is 0 Å². The number of rotatable bonds is 8. The van der Waals surface area contributed by atoms with Crippen molar-refractivity contribution in [2.45, 2.75) is 11.6 Å². The van der Waals surface area contributed by atoms with Gasteiger partial charge in [-0.2, -0.15) is 0 Å². The molecule has 2 atom stereocenters. The van der Waals surface area contributed by atoms with E-state index < -0.39 is 23.5 Å². The topological polar surface area (TPSA) is 153 Å². The molecule has 8 N–H and O–H groups in total. The average molecular weight is 281 g/mol. The number of carbonyl (C=O) groups is 2. The van der Waals surface area contributed by atoms with Gasteiger partial charge in [-0.25, -0.2) is 4.79 Å². The SMILES string of the molecule is N/C=C/[C@@](N)(CSSC[C@@H](N)C(=O)O)C(=O)O. The second kappa shape index (κ2) is 7.43. The highest BCUT2D eigenvalue weighted by Gasteiger charge is 2.31. The van der Waals surface area contributed by atoms with Gasteiger partial charge in [0.2, 0.25) is 0 Å². The summed E-state index contributed by atoms with van der Waals surface area (Å²) < 4.78 is 0. The highest BCUT2D eigenvalue weighted by Crippen LogP contribution is 2.26. The zero-order valence-corrected chi connectivity index (χ0v) is 10.5. The Kier molecular flexibility index (Phi) is 7.04. The lowest BCUT2D eigenvalue weighted by Gasteiger charge is -2.19. The zero-order chi connectivity index (χ0) is 13.5. The second-order valence-electron chi connectivity index (χ2n) is 3.20. The smallest absolute Gasteiger partial charge is 0.328 e. The van der Waals surface area contributed by atoms with Crippen molar-refractivity contribution in [3.63, 3.8) is 0 Å². The highest BCUT2D eigenvalue weighted by molar-refractivity contribution is 8.76. The van der Waals surface area contributed by atoms with Crippen LogP contribution in [-0.4, -0.2) is 45.2 Å². The Bertz CT molecular complexity index is 313. The normalized spacial score (nSPS) is 16.6. The number of hydrogen-bond acceptors (Lipinski definition) is 7. The van der Waals surface area contributed by atoms with Gasteiger partial charge < -0.3 is 27.4 Å². The van der Waals surface area contributed by atoms with E-state index in [9.17, 15) is 9.59 Å². The van der Waals surface area contributed by atoms with Crippen LogP contribution in [0, 0.1) is 0 Å². The van der Waals surface area contributed by atoms with Crippen LogP contribution in [0.3, 0.4) is 0 Å². The third kappa shape index (κ3) is 5.82. The Labute approximate surface area is 106 Å². The Morgan fingerprint density at radius 2 is 1.94 bits per heavy atom. The summed E-state index contributed by atoms with van der Waals surface area (Å²) in [6, 6.07) is -0.977. The first-order chi connectivity index (χ1) is 7.83. The lowest BCUT2D eigenvalue weighted by molar-refractivity contribution is -0.140. The molecule has 9 heteroatoms. The van der Waals surface area contributed by atoms with Crippen molar-refractivity contribution in [2.24, 2.45) is 17.2 Å². The van der Waals surface area contributed by atoms with Crippen molar-refractivity contribution in [3.05, 3.63) is 12.3 Å².